The van der Waals surface area contributed by atoms with Gasteiger partial charge in [-0.2, -0.15) is 0 Å². The molecule has 0 saturated heterocycles. The van der Waals surface area contributed by atoms with Gasteiger partial charge in [0, 0.05) is 22.5 Å². The summed E-state index contributed by atoms with van der Waals surface area (Å²) < 4.78 is 0. The molecule has 4 nitrogen and oxygen atoms in total. The maximum absolute atomic E-state index is 11.4. The summed E-state index contributed by atoms with van der Waals surface area (Å²) in [4.78, 5) is 12.5. The summed E-state index contributed by atoms with van der Waals surface area (Å²) >= 11 is 1.56. The van der Waals surface area contributed by atoms with Gasteiger partial charge in [-0.25, -0.2) is 0 Å². The fraction of sp³-hybridized carbons (Fsp3) is 0.533. The standard InChI is InChI=1S/C15H22N2O2S/c1-3-15(4-2,10-18)9-16-11-5-6-13-12(7-11)17-14(19)8-20-13/h5-7,16,18H,3-4,8-10H2,1-2H3,(H,17,19). The van der Waals surface area contributed by atoms with Crippen LogP contribution in [0.4, 0.5) is 11.4 Å². The van der Waals surface area contributed by atoms with E-state index in [-0.39, 0.29) is 17.9 Å². The van der Waals surface area contributed by atoms with Crippen LogP contribution in [0.5, 0.6) is 0 Å². The minimum Gasteiger partial charge on any atom is -0.396 e. The van der Waals surface area contributed by atoms with Crippen molar-refractivity contribution in [1.82, 2.24) is 0 Å². The van der Waals surface area contributed by atoms with E-state index < -0.39 is 0 Å². The third-order valence-electron chi connectivity index (χ3n) is 4.12. The second-order valence-electron chi connectivity index (χ2n) is 5.27. The molecule has 1 aromatic rings. The van der Waals surface area contributed by atoms with E-state index in [0.717, 1.165) is 35.7 Å². The van der Waals surface area contributed by atoms with Crippen molar-refractivity contribution in [2.24, 2.45) is 5.41 Å². The number of aliphatic hydroxyl groups excluding tert-OH is 1. The number of thioether (sulfide) groups is 1. The van der Waals surface area contributed by atoms with Crippen LogP contribution in [0.3, 0.4) is 0 Å². The number of fused-ring (bicyclic) bond motifs is 1. The van der Waals surface area contributed by atoms with Gasteiger partial charge in [0.25, 0.3) is 0 Å². The van der Waals surface area contributed by atoms with Gasteiger partial charge in [-0.15, -0.1) is 11.8 Å². The monoisotopic (exact) mass is 294 g/mol. The molecule has 0 aromatic heterocycles. The quantitative estimate of drug-likeness (QED) is 0.755. The summed E-state index contributed by atoms with van der Waals surface area (Å²) in [6.45, 7) is 5.12. The first-order valence-electron chi connectivity index (χ1n) is 7.04. The molecule has 1 aliphatic heterocycles. The number of carbonyl (C=O) groups excluding carboxylic acids is 1. The zero-order valence-corrected chi connectivity index (χ0v) is 12.8. The Morgan fingerprint density at radius 2 is 2.15 bits per heavy atom. The number of carbonyl (C=O) groups is 1. The molecule has 0 fully saturated rings. The van der Waals surface area contributed by atoms with Crippen LogP contribution in [0.2, 0.25) is 0 Å². The van der Waals surface area contributed by atoms with Gasteiger partial charge in [0.05, 0.1) is 18.0 Å². The molecule has 110 valence electrons. The van der Waals surface area contributed by atoms with E-state index in [4.69, 9.17) is 0 Å². The molecule has 0 bridgehead atoms. The van der Waals surface area contributed by atoms with E-state index >= 15 is 0 Å². The first-order valence-corrected chi connectivity index (χ1v) is 8.02. The third kappa shape index (κ3) is 3.27. The molecule has 1 aliphatic rings. The Morgan fingerprint density at radius 3 is 2.80 bits per heavy atom. The Kier molecular flexibility index (Phi) is 4.94. The van der Waals surface area contributed by atoms with Gasteiger partial charge < -0.3 is 15.7 Å². The SMILES string of the molecule is CCC(CC)(CO)CNc1ccc2c(c1)NC(=O)CS2. The van der Waals surface area contributed by atoms with Crippen LogP contribution in [0.15, 0.2) is 23.1 Å². The van der Waals surface area contributed by atoms with Crippen LogP contribution < -0.4 is 10.6 Å². The first kappa shape index (κ1) is 15.2. The van der Waals surface area contributed by atoms with Crippen molar-refractivity contribution in [2.45, 2.75) is 31.6 Å². The number of anilines is 2. The van der Waals surface area contributed by atoms with E-state index in [9.17, 15) is 9.90 Å². The lowest BCUT2D eigenvalue weighted by Gasteiger charge is -2.30. The molecule has 0 unspecified atom stereocenters. The van der Waals surface area contributed by atoms with Crippen LogP contribution in [-0.4, -0.2) is 29.9 Å². The number of rotatable bonds is 6. The van der Waals surface area contributed by atoms with Gasteiger partial charge >= 0.3 is 0 Å². The first-order chi connectivity index (χ1) is 9.62. The van der Waals surface area contributed by atoms with Crippen molar-refractivity contribution in [3.05, 3.63) is 18.2 Å². The van der Waals surface area contributed by atoms with Gasteiger partial charge in [-0.05, 0) is 31.0 Å². The predicted octanol–water partition coefficient (Wildman–Crippen LogP) is 2.94. The third-order valence-corrected chi connectivity index (χ3v) is 5.19. The van der Waals surface area contributed by atoms with E-state index in [1.165, 1.54) is 0 Å². The van der Waals surface area contributed by atoms with E-state index in [2.05, 4.69) is 24.5 Å². The molecule has 3 N–H and O–H groups in total. The maximum Gasteiger partial charge on any atom is 0.234 e. The summed E-state index contributed by atoms with van der Waals surface area (Å²) in [5, 5.41) is 15.9. The van der Waals surface area contributed by atoms with Crippen molar-refractivity contribution in [1.29, 1.82) is 0 Å². The molecular formula is C15H22N2O2S. The molecule has 0 atom stereocenters. The van der Waals surface area contributed by atoms with Crippen molar-refractivity contribution < 1.29 is 9.90 Å². The van der Waals surface area contributed by atoms with Crippen molar-refractivity contribution in [2.75, 3.05) is 29.5 Å². The summed E-state index contributed by atoms with van der Waals surface area (Å²) in [6.07, 6.45) is 1.87. The number of amides is 1. The van der Waals surface area contributed by atoms with E-state index in [0.29, 0.717) is 5.75 Å². The summed E-state index contributed by atoms with van der Waals surface area (Å²) in [5.41, 5.74) is 1.78. The van der Waals surface area contributed by atoms with E-state index in [1.54, 1.807) is 11.8 Å². The van der Waals surface area contributed by atoms with Gasteiger partial charge in [-0.1, -0.05) is 13.8 Å². The Hall–Kier alpha value is -1.20. The molecular weight excluding hydrogens is 272 g/mol. The highest BCUT2D eigenvalue weighted by molar-refractivity contribution is 8.00. The lowest BCUT2D eigenvalue weighted by atomic mass is 9.83. The molecule has 0 aliphatic carbocycles. The topological polar surface area (TPSA) is 61.4 Å². The van der Waals surface area contributed by atoms with E-state index in [1.807, 2.05) is 18.2 Å². The van der Waals surface area contributed by atoms with Crippen LogP contribution in [-0.2, 0) is 4.79 Å². The maximum atomic E-state index is 11.4. The molecule has 5 heteroatoms. The fourth-order valence-corrected chi connectivity index (χ4v) is 3.05. The average molecular weight is 294 g/mol. The molecule has 0 saturated carbocycles. The zero-order chi connectivity index (χ0) is 14.6. The highest BCUT2D eigenvalue weighted by Crippen LogP contribution is 2.34. The fourth-order valence-electron chi connectivity index (χ4n) is 2.26. The van der Waals surface area contributed by atoms with Crippen LogP contribution in [0, 0.1) is 5.41 Å². The molecule has 1 amide bonds. The Bertz CT molecular complexity index is 478. The number of hydrogen-bond acceptors (Lipinski definition) is 4. The Balaban J connectivity index is 2.07. The lowest BCUT2D eigenvalue weighted by Crippen LogP contribution is -2.32. The number of hydrogen-bond donors (Lipinski definition) is 3. The molecule has 1 aromatic carbocycles. The molecule has 0 radical (unpaired) electrons. The average Bonchev–Trinajstić information content (AvgIpc) is 2.49. The van der Waals surface area contributed by atoms with Crippen LogP contribution in [0.25, 0.3) is 0 Å². The molecule has 0 spiro atoms. The Labute approximate surface area is 124 Å². The number of aliphatic hydroxyl groups is 1. The largest absolute Gasteiger partial charge is 0.396 e. The summed E-state index contributed by atoms with van der Waals surface area (Å²) in [7, 11) is 0. The van der Waals surface area contributed by atoms with Crippen molar-refractivity contribution >= 4 is 29.0 Å². The van der Waals surface area contributed by atoms with Crippen molar-refractivity contribution in [3.8, 4) is 0 Å². The molecule has 2 rings (SSSR count). The minimum absolute atomic E-state index is 0.0477. The summed E-state index contributed by atoms with van der Waals surface area (Å²) in [5.74, 6) is 0.533. The van der Waals surface area contributed by atoms with Gasteiger partial charge in [0.15, 0.2) is 0 Å². The minimum atomic E-state index is -0.0755. The Morgan fingerprint density at radius 1 is 1.40 bits per heavy atom. The van der Waals surface area contributed by atoms with Gasteiger partial charge in [0.2, 0.25) is 5.91 Å². The zero-order valence-electron chi connectivity index (χ0n) is 12.0. The lowest BCUT2D eigenvalue weighted by molar-refractivity contribution is -0.113. The predicted molar refractivity (Wildman–Crippen MR) is 84.4 cm³/mol. The van der Waals surface area contributed by atoms with Crippen molar-refractivity contribution in [3.63, 3.8) is 0 Å². The van der Waals surface area contributed by atoms with Gasteiger partial charge in [-0.3, -0.25) is 4.79 Å². The summed E-state index contributed by atoms with van der Waals surface area (Å²) in [6, 6.07) is 6.02. The number of benzene rings is 1. The van der Waals surface area contributed by atoms with Crippen LogP contribution >= 0.6 is 11.8 Å². The smallest absolute Gasteiger partial charge is 0.234 e. The molecule has 20 heavy (non-hydrogen) atoms. The normalized spacial score (nSPS) is 14.7. The highest BCUT2D eigenvalue weighted by atomic mass is 32.2. The van der Waals surface area contributed by atoms with Gasteiger partial charge in [0.1, 0.15) is 0 Å². The molecule has 1 heterocycles. The highest BCUT2D eigenvalue weighted by Gasteiger charge is 2.25. The number of nitrogens with one attached hydrogen (secondary N) is 2. The second-order valence-corrected chi connectivity index (χ2v) is 6.28. The van der Waals surface area contributed by atoms with Crippen LogP contribution in [0.1, 0.15) is 26.7 Å². The second kappa shape index (κ2) is 6.50.